The second kappa shape index (κ2) is 5.10. The summed E-state index contributed by atoms with van der Waals surface area (Å²) in [5, 5.41) is 3.56. The normalized spacial score (nSPS) is 31.9. The van der Waals surface area contributed by atoms with E-state index in [9.17, 15) is 0 Å². The molecule has 1 atom stereocenters. The van der Waals surface area contributed by atoms with Crippen LogP contribution in [0.5, 0.6) is 0 Å². The summed E-state index contributed by atoms with van der Waals surface area (Å²) < 4.78 is 5.40. The van der Waals surface area contributed by atoms with Gasteiger partial charge in [-0.2, -0.15) is 0 Å². The van der Waals surface area contributed by atoms with Gasteiger partial charge in [0.15, 0.2) is 0 Å². The number of nitrogens with one attached hydrogen (secondary N) is 1. The molecule has 82 valence electrons. The van der Waals surface area contributed by atoms with Gasteiger partial charge in [-0.1, -0.05) is 6.92 Å². The summed E-state index contributed by atoms with van der Waals surface area (Å²) in [6, 6.07) is 1.51. The van der Waals surface area contributed by atoms with Gasteiger partial charge in [0.05, 0.1) is 0 Å². The lowest BCUT2D eigenvalue weighted by atomic mass is 10.0. The van der Waals surface area contributed by atoms with Crippen LogP contribution < -0.4 is 5.32 Å². The Morgan fingerprint density at radius 3 is 2.86 bits per heavy atom. The van der Waals surface area contributed by atoms with E-state index in [1.807, 2.05) is 0 Å². The van der Waals surface area contributed by atoms with Crippen LogP contribution in [0, 0.1) is 0 Å². The number of hydrogen-bond donors (Lipinski definition) is 1. The monoisotopic (exact) mass is 198 g/mol. The minimum atomic E-state index is 0.714. The molecule has 3 nitrogen and oxygen atoms in total. The van der Waals surface area contributed by atoms with Gasteiger partial charge in [0.2, 0.25) is 0 Å². The summed E-state index contributed by atoms with van der Waals surface area (Å²) in [5.74, 6) is 0. The highest BCUT2D eigenvalue weighted by atomic mass is 16.5. The average Bonchev–Trinajstić information content (AvgIpc) is 2.30. The summed E-state index contributed by atoms with van der Waals surface area (Å²) in [6.45, 7) is 7.82. The third kappa shape index (κ3) is 2.47. The van der Waals surface area contributed by atoms with Crippen molar-refractivity contribution in [1.82, 2.24) is 10.2 Å². The topological polar surface area (TPSA) is 24.5 Å². The Bertz CT molecular complexity index is 169. The molecule has 0 aromatic heterocycles. The molecule has 2 fully saturated rings. The molecule has 0 aromatic rings. The highest BCUT2D eigenvalue weighted by molar-refractivity contribution is 4.83. The molecule has 1 unspecified atom stereocenters. The Kier molecular flexibility index (Phi) is 3.79. The van der Waals surface area contributed by atoms with E-state index in [1.54, 1.807) is 0 Å². The summed E-state index contributed by atoms with van der Waals surface area (Å²) >= 11 is 0. The SMILES string of the molecule is CCC1CN(C2CCOCC2)CCN1. The Morgan fingerprint density at radius 1 is 1.36 bits per heavy atom. The minimum Gasteiger partial charge on any atom is -0.381 e. The van der Waals surface area contributed by atoms with E-state index in [-0.39, 0.29) is 0 Å². The second-order valence-corrected chi connectivity index (χ2v) is 4.40. The molecule has 0 saturated carbocycles. The molecule has 0 amide bonds. The van der Waals surface area contributed by atoms with Gasteiger partial charge in [0, 0.05) is 44.9 Å². The zero-order valence-electron chi connectivity index (χ0n) is 9.17. The van der Waals surface area contributed by atoms with Crippen LogP contribution in [0.3, 0.4) is 0 Å². The van der Waals surface area contributed by atoms with Crippen LogP contribution in [-0.4, -0.2) is 49.8 Å². The molecule has 0 bridgehead atoms. The molecule has 14 heavy (non-hydrogen) atoms. The maximum Gasteiger partial charge on any atom is 0.0480 e. The van der Waals surface area contributed by atoms with Crippen LogP contribution in [0.15, 0.2) is 0 Å². The third-order valence-electron chi connectivity index (χ3n) is 3.49. The molecule has 0 aliphatic carbocycles. The van der Waals surface area contributed by atoms with Gasteiger partial charge in [-0.15, -0.1) is 0 Å². The molecule has 0 radical (unpaired) electrons. The highest BCUT2D eigenvalue weighted by Gasteiger charge is 2.25. The van der Waals surface area contributed by atoms with Gasteiger partial charge in [0.25, 0.3) is 0 Å². The average molecular weight is 198 g/mol. The number of nitrogens with zero attached hydrogens (tertiary/aromatic N) is 1. The lowest BCUT2D eigenvalue weighted by Crippen LogP contribution is -2.54. The molecule has 2 heterocycles. The van der Waals surface area contributed by atoms with Crippen LogP contribution in [0.2, 0.25) is 0 Å². The molecule has 2 saturated heterocycles. The first-order chi connectivity index (χ1) is 6.90. The van der Waals surface area contributed by atoms with Crippen LogP contribution in [-0.2, 0) is 4.74 Å². The van der Waals surface area contributed by atoms with Crippen molar-refractivity contribution in [1.29, 1.82) is 0 Å². The minimum absolute atomic E-state index is 0.714. The quantitative estimate of drug-likeness (QED) is 0.712. The first-order valence-electron chi connectivity index (χ1n) is 5.95. The maximum absolute atomic E-state index is 5.40. The molecular formula is C11H22N2O. The Balaban J connectivity index is 1.83. The smallest absolute Gasteiger partial charge is 0.0480 e. The lowest BCUT2D eigenvalue weighted by molar-refractivity contribution is 0.0233. The van der Waals surface area contributed by atoms with Crippen molar-refractivity contribution in [3.63, 3.8) is 0 Å². The van der Waals surface area contributed by atoms with Crippen molar-refractivity contribution in [2.75, 3.05) is 32.8 Å². The van der Waals surface area contributed by atoms with Crippen molar-refractivity contribution in [2.24, 2.45) is 0 Å². The van der Waals surface area contributed by atoms with E-state index in [0.717, 1.165) is 25.8 Å². The van der Waals surface area contributed by atoms with E-state index in [4.69, 9.17) is 4.74 Å². The fourth-order valence-electron chi connectivity index (χ4n) is 2.51. The summed E-state index contributed by atoms with van der Waals surface area (Å²) in [7, 11) is 0. The Hall–Kier alpha value is -0.120. The lowest BCUT2D eigenvalue weighted by Gasteiger charge is -2.40. The van der Waals surface area contributed by atoms with Crippen molar-refractivity contribution < 1.29 is 4.74 Å². The van der Waals surface area contributed by atoms with E-state index in [2.05, 4.69) is 17.1 Å². The van der Waals surface area contributed by atoms with Gasteiger partial charge >= 0.3 is 0 Å². The van der Waals surface area contributed by atoms with Gasteiger partial charge in [-0.05, 0) is 19.3 Å². The fourth-order valence-corrected chi connectivity index (χ4v) is 2.51. The highest BCUT2D eigenvalue weighted by Crippen LogP contribution is 2.16. The zero-order chi connectivity index (χ0) is 9.80. The van der Waals surface area contributed by atoms with E-state index < -0.39 is 0 Å². The Morgan fingerprint density at radius 2 is 2.14 bits per heavy atom. The molecule has 2 rings (SSSR count). The first-order valence-corrected chi connectivity index (χ1v) is 5.95. The van der Waals surface area contributed by atoms with Gasteiger partial charge in [-0.25, -0.2) is 0 Å². The summed E-state index contributed by atoms with van der Waals surface area (Å²) in [4.78, 5) is 2.66. The largest absolute Gasteiger partial charge is 0.381 e. The molecular weight excluding hydrogens is 176 g/mol. The van der Waals surface area contributed by atoms with Gasteiger partial charge in [-0.3, -0.25) is 4.90 Å². The molecule has 1 N–H and O–H groups in total. The Labute approximate surface area is 86.8 Å². The molecule has 0 spiro atoms. The van der Waals surface area contributed by atoms with Crippen molar-refractivity contribution >= 4 is 0 Å². The van der Waals surface area contributed by atoms with E-state index in [1.165, 1.54) is 32.4 Å². The van der Waals surface area contributed by atoms with E-state index in [0.29, 0.717) is 6.04 Å². The predicted molar refractivity (Wildman–Crippen MR) is 57.5 cm³/mol. The standard InChI is InChI=1S/C11H22N2O/c1-2-10-9-13(6-5-12-10)11-3-7-14-8-4-11/h10-12H,2-9H2,1H3. The molecule has 0 aromatic carbocycles. The first kappa shape index (κ1) is 10.4. The van der Waals surface area contributed by atoms with Crippen molar-refractivity contribution in [2.45, 2.75) is 38.3 Å². The van der Waals surface area contributed by atoms with Crippen LogP contribution in [0.4, 0.5) is 0 Å². The predicted octanol–water partition coefficient (Wildman–Crippen LogP) is 0.849. The van der Waals surface area contributed by atoms with Crippen LogP contribution in [0.1, 0.15) is 26.2 Å². The van der Waals surface area contributed by atoms with Gasteiger partial charge in [0.1, 0.15) is 0 Å². The zero-order valence-corrected chi connectivity index (χ0v) is 9.17. The van der Waals surface area contributed by atoms with Crippen LogP contribution >= 0.6 is 0 Å². The van der Waals surface area contributed by atoms with E-state index >= 15 is 0 Å². The molecule has 3 heteroatoms. The van der Waals surface area contributed by atoms with Crippen LogP contribution in [0.25, 0.3) is 0 Å². The summed E-state index contributed by atoms with van der Waals surface area (Å²) in [5.41, 5.74) is 0. The number of ether oxygens (including phenoxy) is 1. The maximum atomic E-state index is 5.40. The number of hydrogen-bond acceptors (Lipinski definition) is 3. The molecule has 2 aliphatic heterocycles. The second-order valence-electron chi connectivity index (χ2n) is 4.40. The number of piperazine rings is 1. The van der Waals surface area contributed by atoms with Crippen molar-refractivity contribution in [3.8, 4) is 0 Å². The van der Waals surface area contributed by atoms with Gasteiger partial charge < -0.3 is 10.1 Å². The summed E-state index contributed by atoms with van der Waals surface area (Å²) in [6.07, 6.45) is 3.71. The number of rotatable bonds is 2. The van der Waals surface area contributed by atoms with Crippen molar-refractivity contribution in [3.05, 3.63) is 0 Å². The molecule has 2 aliphatic rings. The fraction of sp³-hybridized carbons (Fsp3) is 1.00. The third-order valence-corrected chi connectivity index (χ3v) is 3.49.